The third kappa shape index (κ3) is 2.85. The first-order valence-corrected chi connectivity index (χ1v) is 4.87. The minimum atomic E-state index is -0.813. The van der Waals surface area contributed by atoms with Crippen LogP contribution in [0, 0.1) is 12.3 Å². The molecule has 0 N–H and O–H groups in total. The summed E-state index contributed by atoms with van der Waals surface area (Å²) in [6, 6.07) is 8.83. The van der Waals surface area contributed by atoms with Crippen LogP contribution in [0.25, 0.3) is 0 Å². The zero-order chi connectivity index (χ0) is 11.3. The molecule has 0 aromatic heterocycles. The largest absolute Gasteiger partial charge is 0.443 e. The molecule has 1 rings (SSSR count). The topological polar surface area (TPSA) is 26.3 Å². The monoisotopic (exact) mass is 202 g/mol. The molecule has 0 saturated carbocycles. The Bertz CT molecular complexity index is 375. The Labute approximate surface area is 90.3 Å². The maximum Gasteiger partial charge on any atom is 0.339 e. The number of terminal acetylenes is 1. The molecule has 2 nitrogen and oxygen atoms in total. The van der Waals surface area contributed by atoms with E-state index in [1.165, 1.54) is 0 Å². The van der Waals surface area contributed by atoms with Crippen molar-refractivity contribution >= 4 is 5.97 Å². The quantitative estimate of drug-likeness (QED) is 0.556. The molecule has 0 aliphatic carbocycles. The van der Waals surface area contributed by atoms with Gasteiger partial charge in [0.15, 0.2) is 5.60 Å². The highest BCUT2D eigenvalue weighted by Gasteiger charge is 2.24. The average molecular weight is 202 g/mol. The molecule has 0 amide bonds. The van der Waals surface area contributed by atoms with Crippen LogP contribution in [-0.2, 0) is 4.74 Å². The lowest BCUT2D eigenvalue weighted by molar-refractivity contribution is 0.0132. The zero-order valence-electron chi connectivity index (χ0n) is 8.99. The van der Waals surface area contributed by atoms with Crippen molar-refractivity contribution < 1.29 is 9.53 Å². The molecule has 15 heavy (non-hydrogen) atoms. The van der Waals surface area contributed by atoms with Crippen molar-refractivity contribution in [3.05, 3.63) is 35.9 Å². The average Bonchev–Trinajstić information content (AvgIpc) is 2.30. The first kappa shape index (κ1) is 11.3. The molecule has 0 fully saturated rings. The molecule has 0 saturated heterocycles. The molecule has 1 aromatic carbocycles. The van der Waals surface area contributed by atoms with Gasteiger partial charge in [-0.15, -0.1) is 6.42 Å². The Morgan fingerprint density at radius 1 is 1.47 bits per heavy atom. The summed E-state index contributed by atoms with van der Waals surface area (Å²) in [6.07, 6.45) is 5.92. The van der Waals surface area contributed by atoms with Crippen molar-refractivity contribution in [2.24, 2.45) is 0 Å². The summed E-state index contributed by atoms with van der Waals surface area (Å²) in [5.74, 6) is 2.11. The van der Waals surface area contributed by atoms with E-state index in [0.717, 1.165) is 0 Å². The van der Waals surface area contributed by atoms with E-state index >= 15 is 0 Å². The predicted octanol–water partition coefficient (Wildman–Crippen LogP) is 2.65. The third-order valence-electron chi connectivity index (χ3n) is 2.31. The Morgan fingerprint density at radius 3 is 2.53 bits per heavy atom. The van der Waals surface area contributed by atoms with Crippen LogP contribution in [0.2, 0.25) is 0 Å². The molecule has 2 heteroatoms. The van der Waals surface area contributed by atoms with Gasteiger partial charge >= 0.3 is 5.97 Å². The molecular formula is C13H14O2. The molecule has 0 spiro atoms. The van der Waals surface area contributed by atoms with E-state index in [9.17, 15) is 4.79 Å². The number of hydrogen-bond donors (Lipinski definition) is 0. The lowest BCUT2D eigenvalue weighted by atomic mass is 10.1. The maximum atomic E-state index is 11.7. The first-order chi connectivity index (χ1) is 7.11. The van der Waals surface area contributed by atoms with Crippen molar-refractivity contribution in [3.8, 4) is 12.3 Å². The standard InChI is InChI=1S/C13H14O2/c1-4-13(3,5-2)15-12(14)11-9-7-6-8-10-11/h1,6-10H,5H2,2-3H3. The van der Waals surface area contributed by atoms with Crippen molar-refractivity contribution in [3.63, 3.8) is 0 Å². The Balaban J connectivity index is 2.77. The van der Waals surface area contributed by atoms with Gasteiger partial charge in [-0.05, 0) is 25.5 Å². The Hall–Kier alpha value is -1.75. The molecule has 0 heterocycles. The van der Waals surface area contributed by atoms with Crippen LogP contribution in [0.3, 0.4) is 0 Å². The number of ether oxygens (including phenoxy) is 1. The van der Waals surface area contributed by atoms with E-state index in [0.29, 0.717) is 12.0 Å². The number of rotatable bonds is 3. The van der Waals surface area contributed by atoms with Gasteiger partial charge in [-0.1, -0.05) is 31.0 Å². The summed E-state index contributed by atoms with van der Waals surface area (Å²) in [6.45, 7) is 3.62. The van der Waals surface area contributed by atoms with Crippen molar-refractivity contribution in [1.29, 1.82) is 0 Å². The molecule has 78 valence electrons. The molecule has 0 aliphatic rings. The second-order valence-electron chi connectivity index (χ2n) is 3.48. The third-order valence-corrected chi connectivity index (χ3v) is 2.31. The van der Waals surface area contributed by atoms with Crippen LogP contribution >= 0.6 is 0 Å². The van der Waals surface area contributed by atoms with Gasteiger partial charge in [0.05, 0.1) is 5.56 Å². The second-order valence-corrected chi connectivity index (χ2v) is 3.48. The number of carbonyl (C=O) groups is 1. The fourth-order valence-corrected chi connectivity index (χ4v) is 1.04. The highest BCUT2D eigenvalue weighted by molar-refractivity contribution is 5.89. The predicted molar refractivity (Wildman–Crippen MR) is 59.4 cm³/mol. The summed E-state index contributed by atoms with van der Waals surface area (Å²) in [7, 11) is 0. The number of hydrogen-bond acceptors (Lipinski definition) is 2. The van der Waals surface area contributed by atoms with Gasteiger partial charge in [-0.3, -0.25) is 0 Å². The Kier molecular flexibility index (Phi) is 3.51. The smallest absolute Gasteiger partial charge is 0.339 e. The van der Waals surface area contributed by atoms with E-state index in [-0.39, 0.29) is 5.97 Å². The van der Waals surface area contributed by atoms with Gasteiger partial charge in [-0.2, -0.15) is 0 Å². The maximum absolute atomic E-state index is 11.7. The summed E-state index contributed by atoms with van der Waals surface area (Å²) >= 11 is 0. The minimum absolute atomic E-state index is 0.377. The fraction of sp³-hybridized carbons (Fsp3) is 0.308. The number of benzene rings is 1. The molecule has 1 unspecified atom stereocenters. The molecule has 1 atom stereocenters. The highest BCUT2D eigenvalue weighted by atomic mass is 16.6. The van der Waals surface area contributed by atoms with E-state index in [2.05, 4.69) is 5.92 Å². The van der Waals surface area contributed by atoms with Crippen LogP contribution in [0.1, 0.15) is 30.6 Å². The summed E-state index contributed by atoms with van der Waals surface area (Å²) in [5.41, 5.74) is -0.292. The van der Waals surface area contributed by atoms with Crippen LogP contribution in [0.4, 0.5) is 0 Å². The summed E-state index contributed by atoms with van der Waals surface area (Å²) in [4.78, 5) is 11.7. The van der Waals surface area contributed by atoms with Crippen LogP contribution in [0.5, 0.6) is 0 Å². The SMILES string of the molecule is C#CC(C)(CC)OC(=O)c1ccccc1. The van der Waals surface area contributed by atoms with Crippen LogP contribution in [0.15, 0.2) is 30.3 Å². The molecule has 0 aliphatic heterocycles. The number of esters is 1. The van der Waals surface area contributed by atoms with Gasteiger partial charge in [0, 0.05) is 0 Å². The normalized spacial score (nSPS) is 13.7. The molecule has 0 radical (unpaired) electrons. The van der Waals surface area contributed by atoms with E-state index in [1.807, 2.05) is 13.0 Å². The van der Waals surface area contributed by atoms with Crippen molar-refractivity contribution in [2.45, 2.75) is 25.9 Å². The van der Waals surface area contributed by atoms with E-state index < -0.39 is 5.60 Å². The minimum Gasteiger partial charge on any atom is -0.443 e. The Morgan fingerprint density at radius 2 is 2.07 bits per heavy atom. The highest BCUT2D eigenvalue weighted by Crippen LogP contribution is 2.16. The van der Waals surface area contributed by atoms with Gasteiger partial charge in [-0.25, -0.2) is 4.79 Å². The van der Waals surface area contributed by atoms with Gasteiger partial charge in [0.25, 0.3) is 0 Å². The van der Waals surface area contributed by atoms with Crippen LogP contribution in [-0.4, -0.2) is 11.6 Å². The van der Waals surface area contributed by atoms with Gasteiger partial charge in [0.1, 0.15) is 0 Å². The summed E-state index contributed by atoms with van der Waals surface area (Å²) < 4.78 is 5.25. The molecule has 1 aromatic rings. The molecular weight excluding hydrogens is 188 g/mol. The molecule has 0 bridgehead atoms. The lowest BCUT2D eigenvalue weighted by Crippen LogP contribution is -2.29. The second kappa shape index (κ2) is 4.65. The van der Waals surface area contributed by atoms with E-state index in [1.54, 1.807) is 31.2 Å². The fourth-order valence-electron chi connectivity index (χ4n) is 1.04. The van der Waals surface area contributed by atoms with Crippen molar-refractivity contribution in [1.82, 2.24) is 0 Å². The van der Waals surface area contributed by atoms with E-state index in [4.69, 9.17) is 11.2 Å². The van der Waals surface area contributed by atoms with Crippen molar-refractivity contribution in [2.75, 3.05) is 0 Å². The van der Waals surface area contributed by atoms with Crippen LogP contribution < -0.4 is 0 Å². The zero-order valence-corrected chi connectivity index (χ0v) is 8.99. The van der Waals surface area contributed by atoms with Gasteiger partial charge < -0.3 is 4.74 Å². The van der Waals surface area contributed by atoms with Gasteiger partial charge in [0.2, 0.25) is 0 Å². The lowest BCUT2D eigenvalue weighted by Gasteiger charge is -2.22. The summed E-state index contributed by atoms with van der Waals surface area (Å²) in [5, 5.41) is 0. The number of carbonyl (C=O) groups excluding carboxylic acids is 1. The first-order valence-electron chi connectivity index (χ1n) is 4.87.